The van der Waals surface area contributed by atoms with Gasteiger partial charge in [0, 0.05) is 24.2 Å². The Balaban J connectivity index is 2.00. The van der Waals surface area contributed by atoms with Crippen LogP contribution in [0.5, 0.6) is 0 Å². The highest BCUT2D eigenvalue weighted by molar-refractivity contribution is 5.97. The molecule has 1 heterocycles. The van der Waals surface area contributed by atoms with Crippen molar-refractivity contribution >= 4 is 23.0 Å². The molecular weight excluding hydrogens is 308 g/mol. The molecule has 0 saturated carbocycles. The number of carbonyl (C=O) groups is 2. The average Bonchev–Trinajstić information content (AvgIpc) is 2.88. The quantitative estimate of drug-likeness (QED) is 0.741. The third-order valence-electron chi connectivity index (χ3n) is 3.22. The number of aromatic nitrogens is 3. The minimum atomic E-state index is -0.206. The molecule has 0 spiro atoms. The van der Waals surface area contributed by atoms with E-state index < -0.39 is 0 Å². The van der Waals surface area contributed by atoms with Crippen LogP contribution in [0.3, 0.4) is 0 Å². The summed E-state index contributed by atoms with van der Waals surface area (Å²) in [4.78, 5) is 23.6. The van der Waals surface area contributed by atoms with Gasteiger partial charge in [0.05, 0.1) is 12.1 Å². The lowest BCUT2D eigenvalue weighted by atomic mass is 10.2. The number of benzene rings is 1. The van der Waals surface area contributed by atoms with Gasteiger partial charge in [0.25, 0.3) is 5.91 Å². The lowest BCUT2D eigenvalue weighted by Gasteiger charge is -2.10. The van der Waals surface area contributed by atoms with E-state index in [0.717, 1.165) is 5.52 Å². The standard InChI is InChI=1S/C16H24N6O2/c1-10(2)18-15(23)12-5-6-14-13(9-12)20-21-22(14)8-7-17-16(24)19-11(3)4/h5-6,9-11H,7-8H2,1-4H3,(H,18,23)(H2,17,19,24). The van der Waals surface area contributed by atoms with E-state index in [1.165, 1.54) is 0 Å². The second kappa shape index (κ2) is 7.76. The largest absolute Gasteiger partial charge is 0.350 e. The minimum Gasteiger partial charge on any atom is -0.350 e. The molecule has 0 unspecified atom stereocenters. The molecule has 2 rings (SSSR count). The zero-order valence-corrected chi connectivity index (χ0v) is 14.5. The number of hydrogen-bond acceptors (Lipinski definition) is 4. The van der Waals surface area contributed by atoms with Crippen LogP contribution < -0.4 is 16.0 Å². The van der Waals surface area contributed by atoms with Crippen molar-refractivity contribution in [2.45, 2.75) is 46.3 Å². The number of amides is 3. The summed E-state index contributed by atoms with van der Waals surface area (Å²) in [6, 6.07) is 5.24. The van der Waals surface area contributed by atoms with Crippen molar-refractivity contribution in [2.75, 3.05) is 6.54 Å². The van der Waals surface area contributed by atoms with E-state index >= 15 is 0 Å². The number of nitrogens with one attached hydrogen (secondary N) is 3. The summed E-state index contributed by atoms with van der Waals surface area (Å²) in [5.41, 5.74) is 2.03. The maximum atomic E-state index is 12.0. The first-order valence-corrected chi connectivity index (χ1v) is 8.05. The lowest BCUT2D eigenvalue weighted by molar-refractivity contribution is 0.0943. The summed E-state index contributed by atoms with van der Waals surface area (Å²) in [6.45, 7) is 8.56. The van der Waals surface area contributed by atoms with Gasteiger partial charge in [0.2, 0.25) is 0 Å². The van der Waals surface area contributed by atoms with Crippen LogP contribution in [-0.2, 0) is 6.54 Å². The first kappa shape index (κ1) is 17.7. The molecule has 24 heavy (non-hydrogen) atoms. The van der Waals surface area contributed by atoms with E-state index in [2.05, 4.69) is 26.3 Å². The maximum absolute atomic E-state index is 12.0. The Bertz CT molecular complexity index is 722. The fraction of sp³-hybridized carbons (Fsp3) is 0.500. The van der Waals surface area contributed by atoms with Gasteiger partial charge in [-0.1, -0.05) is 5.21 Å². The molecule has 8 heteroatoms. The van der Waals surface area contributed by atoms with Crippen molar-refractivity contribution in [3.63, 3.8) is 0 Å². The average molecular weight is 332 g/mol. The Hall–Kier alpha value is -2.64. The van der Waals surface area contributed by atoms with Gasteiger partial charge in [-0.2, -0.15) is 0 Å². The molecule has 8 nitrogen and oxygen atoms in total. The Morgan fingerprint density at radius 1 is 1.12 bits per heavy atom. The molecule has 0 atom stereocenters. The second-order valence-electron chi connectivity index (χ2n) is 6.20. The van der Waals surface area contributed by atoms with Crippen LogP contribution in [0.25, 0.3) is 11.0 Å². The summed E-state index contributed by atoms with van der Waals surface area (Å²) in [5.74, 6) is -0.131. The van der Waals surface area contributed by atoms with Crippen LogP contribution in [-0.4, -0.2) is 45.6 Å². The van der Waals surface area contributed by atoms with E-state index in [4.69, 9.17) is 0 Å². The zero-order valence-electron chi connectivity index (χ0n) is 14.5. The molecule has 3 N–H and O–H groups in total. The van der Waals surface area contributed by atoms with Crippen LogP contribution >= 0.6 is 0 Å². The number of rotatable bonds is 6. The molecule has 0 bridgehead atoms. The SMILES string of the molecule is CC(C)NC(=O)NCCn1nnc2cc(C(=O)NC(C)C)ccc21. The van der Waals surface area contributed by atoms with Crippen molar-refractivity contribution in [1.82, 2.24) is 30.9 Å². The summed E-state index contributed by atoms with van der Waals surface area (Å²) in [5, 5.41) is 16.5. The topological polar surface area (TPSA) is 101 Å². The van der Waals surface area contributed by atoms with Crippen LogP contribution in [0.2, 0.25) is 0 Å². The smallest absolute Gasteiger partial charge is 0.315 e. The predicted molar refractivity (Wildman–Crippen MR) is 91.8 cm³/mol. The molecule has 0 aliphatic rings. The van der Waals surface area contributed by atoms with Crippen molar-refractivity contribution in [3.8, 4) is 0 Å². The minimum absolute atomic E-state index is 0.0759. The molecule has 0 saturated heterocycles. The van der Waals surface area contributed by atoms with Gasteiger partial charge in [0.15, 0.2) is 0 Å². The third-order valence-corrected chi connectivity index (χ3v) is 3.22. The normalized spacial score (nSPS) is 11.1. The second-order valence-corrected chi connectivity index (χ2v) is 6.20. The van der Waals surface area contributed by atoms with Gasteiger partial charge in [-0.3, -0.25) is 4.79 Å². The molecule has 3 amide bonds. The van der Waals surface area contributed by atoms with Crippen molar-refractivity contribution in [2.24, 2.45) is 0 Å². The first-order chi connectivity index (χ1) is 11.4. The van der Waals surface area contributed by atoms with Crippen LogP contribution in [0.15, 0.2) is 18.2 Å². The Morgan fingerprint density at radius 3 is 2.50 bits per heavy atom. The van der Waals surface area contributed by atoms with Crippen molar-refractivity contribution in [1.29, 1.82) is 0 Å². The van der Waals surface area contributed by atoms with E-state index in [0.29, 0.717) is 24.2 Å². The van der Waals surface area contributed by atoms with E-state index in [-0.39, 0.29) is 24.0 Å². The Morgan fingerprint density at radius 2 is 1.83 bits per heavy atom. The molecule has 1 aromatic heterocycles. The Kier molecular flexibility index (Phi) is 5.73. The fourth-order valence-corrected chi connectivity index (χ4v) is 2.21. The van der Waals surface area contributed by atoms with Crippen LogP contribution in [0.1, 0.15) is 38.1 Å². The number of carbonyl (C=O) groups excluding carboxylic acids is 2. The van der Waals surface area contributed by atoms with Gasteiger partial charge in [-0.15, -0.1) is 5.10 Å². The monoisotopic (exact) mass is 332 g/mol. The molecular formula is C16H24N6O2. The van der Waals surface area contributed by atoms with Gasteiger partial charge in [-0.25, -0.2) is 9.48 Å². The highest BCUT2D eigenvalue weighted by Gasteiger charge is 2.11. The van der Waals surface area contributed by atoms with Crippen LogP contribution in [0, 0.1) is 0 Å². The summed E-state index contributed by atoms with van der Waals surface area (Å²) in [7, 11) is 0. The molecule has 130 valence electrons. The summed E-state index contributed by atoms with van der Waals surface area (Å²) >= 11 is 0. The zero-order chi connectivity index (χ0) is 17.7. The van der Waals surface area contributed by atoms with Gasteiger partial charge >= 0.3 is 6.03 Å². The number of urea groups is 1. The summed E-state index contributed by atoms with van der Waals surface area (Å²) < 4.78 is 1.70. The van der Waals surface area contributed by atoms with Gasteiger partial charge in [-0.05, 0) is 45.9 Å². The molecule has 1 aromatic carbocycles. The molecule has 0 radical (unpaired) electrons. The highest BCUT2D eigenvalue weighted by atomic mass is 16.2. The van der Waals surface area contributed by atoms with Crippen molar-refractivity contribution in [3.05, 3.63) is 23.8 Å². The van der Waals surface area contributed by atoms with Gasteiger partial charge in [0.1, 0.15) is 5.52 Å². The third kappa shape index (κ3) is 4.68. The lowest BCUT2D eigenvalue weighted by Crippen LogP contribution is -2.40. The number of nitrogens with zero attached hydrogens (tertiary/aromatic N) is 3. The summed E-state index contributed by atoms with van der Waals surface area (Å²) in [6.07, 6.45) is 0. The van der Waals surface area contributed by atoms with Crippen molar-refractivity contribution < 1.29 is 9.59 Å². The molecule has 2 aromatic rings. The Labute approximate surface area is 141 Å². The fourth-order valence-electron chi connectivity index (χ4n) is 2.21. The van der Waals surface area contributed by atoms with E-state index in [9.17, 15) is 9.59 Å². The molecule has 0 fully saturated rings. The first-order valence-electron chi connectivity index (χ1n) is 8.05. The maximum Gasteiger partial charge on any atom is 0.315 e. The van der Waals surface area contributed by atoms with E-state index in [1.807, 2.05) is 33.8 Å². The van der Waals surface area contributed by atoms with E-state index in [1.54, 1.807) is 16.8 Å². The molecule has 0 aliphatic carbocycles. The van der Waals surface area contributed by atoms with Gasteiger partial charge < -0.3 is 16.0 Å². The predicted octanol–water partition coefficient (Wildman–Crippen LogP) is 1.28. The van der Waals surface area contributed by atoms with Crippen LogP contribution in [0.4, 0.5) is 4.79 Å². The number of fused-ring (bicyclic) bond motifs is 1. The highest BCUT2D eigenvalue weighted by Crippen LogP contribution is 2.13. The number of hydrogen-bond donors (Lipinski definition) is 3. The molecule has 0 aliphatic heterocycles.